The van der Waals surface area contributed by atoms with Crippen molar-refractivity contribution in [2.24, 2.45) is 0 Å². The van der Waals surface area contributed by atoms with Gasteiger partial charge in [0.1, 0.15) is 17.6 Å². The molecule has 1 aliphatic rings. The minimum atomic E-state index is -0.309. The second kappa shape index (κ2) is 8.99. The molecule has 162 valence electrons. The fraction of sp³-hybridized carbons (Fsp3) is 0.304. The molecule has 0 bridgehead atoms. The summed E-state index contributed by atoms with van der Waals surface area (Å²) >= 11 is 5.94. The molecule has 1 fully saturated rings. The molecule has 0 unspecified atom stereocenters. The second-order valence-electron chi connectivity index (χ2n) is 7.39. The molecule has 1 amide bonds. The van der Waals surface area contributed by atoms with E-state index in [0.717, 1.165) is 0 Å². The number of carbonyl (C=O) groups is 1. The molecule has 4 rings (SSSR count). The first-order chi connectivity index (χ1) is 15.0. The Hall–Kier alpha value is -3.03. The summed E-state index contributed by atoms with van der Waals surface area (Å²) in [6.45, 7) is 4.86. The fourth-order valence-corrected chi connectivity index (χ4v) is 3.88. The van der Waals surface area contributed by atoms with Crippen LogP contribution in [-0.2, 0) is 11.3 Å². The number of halogens is 1. The standard InChI is InChI=1S/C23H23ClN2O5/c1-2-30-23(29)26-11-9-25(10-12-26)13-18-20(27)8-7-17-21(28)19(14-31-22(17)18)15-3-5-16(24)6-4-15/h3-8,14,27H,2,9-13H2,1H3. The quantitative estimate of drug-likeness (QED) is 0.655. The minimum absolute atomic E-state index is 0.0720. The molecule has 1 aromatic heterocycles. The molecule has 0 radical (unpaired) electrons. The first-order valence-corrected chi connectivity index (χ1v) is 10.5. The van der Waals surface area contributed by atoms with Crippen molar-refractivity contribution in [3.05, 3.63) is 63.5 Å². The van der Waals surface area contributed by atoms with Crippen molar-refractivity contribution in [1.82, 2.24) is 9.80 Å². The van der Waals surface area contributed by atoms with Gasteiger partial charge in [-0.2, -0.15) is 0 Å². The normalized spacial score (nSPS) is 14.7. The van der Waals surface area contributed by atoms with Crippen LogP contribution in [0.1, 0.15) is 12.5 Å². The van der Waals surface area contributed by atoms with Gasteiger partial charge in [0.15, 0.2) is 0 Å². The number of benzene rings is 2. The highest BCUT2D eigenvalue weighted by Gasteiger charge is 2.24. The SMILES string of the molecule is CCOC(=O)N1CCN(Cc2c(O)ccc3c(=O)c(-c4ccc(Cl)cc4)coc23)CC1. The van der Waals surface area contributed by atoms with Crippen LogP contribution in [0.4, 0.5) is 4.79 Å². The maximum atomic E-state index is 13.1. The zero-order chi connectivity index (χ0) is 22.0. The Morgan fingerprint density at radius 2 is 1.84 bits per heavy atom. The van der Waals surface area contributed by atoms with Crippen LogP contribution in [0.3, 0.4) is 0 Å². The Bertz CT molecular complexity index is 1150. The van der Waals surface area contributed by atoms with Gasteiger partial charge in [0.05, 0.1) is 23.1 Å². The van der Waals surface area contributed by atoms with Crippen LogP contribution in [0.25, 0.3) is 22.1 Å². The van der Waals surface area contributed by atoms with Gasteiger partial charge < -0.3 is 19.2 Å². The number of phenols is 1. The van der Waals surface area contributed by atoms with Crippen molar-refractivity contribution >= 4 is 28.7 Å². The Morgan fingerprint density at radius 3 is 2.52 bits per heavy atom. The van der Waals surface area contributed by atoms with Crippen LogP contribution in [0, 0.1) is 0 Å². The van der Waals surface area contributed by atoms with E-state index in [0.29, 0.717) is 72.0 Å². The third-order valence-corrected chi connectivity index (χ3v) is 5.71. The molecule has 2 heterocycles. The minimum Gasteiger partial charge on any atom is -0.507 e. The summed E-state index contributed by atoms with van der Waals surface area (Å²) in [4.78, 5) is 28.8. The lowest BCUT2D eigenvalue weighted by Crippen LogP contribution is -2.48. The molecule has 1 saturated heterocycles. The molecule has 0 spiro atoms. The predicted molar refractivity (Wildman–Crippen MR) is 118 cm³/mol. The largest absolute Gasteiger partial charge is 0.507 e. The number of piperazine rings is 1. The van der Waals surface area contributed by atoms with E-state index >= 15 is 0 Å². The molecule has 1 N–H and O–H groups in total. The number of aromatic hydroxyl groups is 1. The lowest BCUT2D eigenvalue weighted by atomic mass is 10.0. The van der Waals surface area contributed by atoms with E-state index < -0.39 is 0 Å². The highest BCUT2D eigenvalue weighted by molar-refractivity contribution is 6.30. The lowest BCUT2D eigenvalue weighted by Gasteiger charge is -2.34. The van der Waals surface area contributed by atoms with Crippen LogP contribution in [0.15, 0.2) is 51.9 Å². The number of hydrogen-bond donors (Lipinski definition) is 1. The summed E-state index contributed by atoms with van der Waals surface area (Å²) in [5.74, 6) is 0.0720. The van der Waals surface area contributed by atoms with E-state index in [4.69, 9.17) is 20.8 Å². The molecule has 8 heteroatoms. The predicted octanol–water partition coefficient (Wildman–Crippen LogP) is 4.09. The van der Waals surface area contributed by atoms with Crippen molar-refractivity contribution in [3.8, 4) is 16.9 Å². The van der Waals surface area contributed by atoms with Crippen LogP contribution in [0.2, 0.25) is 5.02 Å². The second-order valence-corrected chi connectivity index (χ2v) is 7.82. The van der Waals surface area contributed by atoms with Gasteiger partial charge in [-0.15, -0.1) is 0 Å². The van der Waals surface area contributed by atoms with E-state index in [-0.39, 0.29) is 17.3 Å². The first-order valence-electron chi connectivity index (χ1n) is 10.1. The number of amides is 1. The van der Waals surface area contributed by atoms with Crippen molar-refractivity contribution in [3.63, 3.8) is 0 Å². The summed E-state index contributed by atoms with van der Waals surface area (Å²) < 4.78 is 10.9. The van der Waals surface area contributed by atoms with Gasteiger partial charge in [-0.3, -0.25) is 9.69 Å². The summed E-state index contributed by atoms with van der Waals surface area (Å²) in [5, 5.41) is 11.5. The molecule has 31 heavy (non-hydrogen) atoms. The molecule has 0 aliphatic carbocycles. The van der Waals surface area contributed by atoms with Crippen LogP contribution in [0.5, 0.6) is 5.75 Å². The zero-order valence-corrected chi connectivity index (χ0v) is 17.9. The van der Waals surface area contributed by atoms with E-state index in [9.17, 15) is 14.7 Å². The molecular formula is C23H23ClN2O5. The number of hydrogen-bond acceptors (Lipinski definition) is 6. The number of rotatable bonds is 4. The Kier molecular flexibility index (Phi) is 6.15. The van der Waals surface area contributed by atoms with E-state index in [1.807, 2.05) is 0 Å². The van der Waals surface area contributed by atoms with Crippen molar-refractivity contribution in [1.29, 1.82) is 0 Å². The monoisotopic (exact) mass is 442 g/mol. The molecule has 0 saturated carbocycles. The van der Waals surface area contributed by atoms with Gasteiger partial charge in [-0.1, -0.05) is 23.7 Å². The third-order valence-electron chi connectivity index (χ3n) is 5.45. The summed E-state index contributed by atoms with van der Waals surface area (Å²) in [5.41, 5.74) is 1.91. The highest BCUT2D eigenvalue weighted by Crippen LogP contribution is 2.29. The van der Waals surface area contributed by atoms with Crippen LogP contribution in [-0.4, -0.2) is 53.8 Å². The maximum Gasteiger partial charge on any atom is 0.409 e. The highest BCUT2D eigenvalue weighted by atomic mass is 35.5. The van der Waals surface area contributed by atoms with Crippen molar-refractivity contribution in [2.45, 2.75) is 13.5 Å². The average Bonchev–Trinajstić information content (AvgIpc) is 2.77. The van der Waals surface area contributed by atoms with Crippen molar-refractivity contribution < 1.29 is 19.1 Å². The first kappa shape index (κ1) is 21.2. The van der Waals surface area contributed by atoms with Gasteiger partial charge in [0, 0.05) is 37.7 Å². The fourth-order valence-electron chi connectivity index (χ4n) is 3.76. The van der Waals surface area contributed by atoms with Crippen LogP contribution < -0.4 is 5.43 Å². The summed E-state index contributed by atoms with van der Waals surface area (Å²) in [6, 6.07) is 10.1. The number of phenolic OH excluding ortho intramolecular Hbond substituents is 1. The smallest absolute Gasteiger partial charge is 0.409 e. The maximum absolute atomic E-state index is 13.1. The Morgan fingerprint density at radius 1 is 1.13 bits per heavy atom. The number of fused-ring (bicyclic) bond motifs is 1. The average molecular weight is 443 g/mol. The summed E-state index contributed by atoms with van der Waals surface area (Å²) in [6.07, 6.45) is 1.12. The van der Waals surface area contributed by atoms with Gasteiger partial charge in [0.25, 0.3) is 0 Å². The Balaban J connectivity index is 1.60. The van der Waals surface area contributed by atoms with E-state index in [2.05, 4.69) is 4.90 Å². The third kappa shape index (κ3) is 4.38. The van der Waals surface area contributed by atoms with Gasteiger partial charge >= 0.3 is 6.09 Å². The topological polar surface area (TPSA) is 83.2 Å². The summed E-state index contributed by atoms with van der Waals surface area (Å²) in [7, 11) is 0. The van der Waals surface area contributed by atoms with Crippen molar-refractivity contribution in [2.75, 3.05) is 32.8 Å². The number of nitrogens with zero attached hydrogens (tertiary/aromatic N) is 2. The molecule has 0 atom stereocenters. The Labute approximate surface area is 184 Å². The van der Waals surface area contributed by atoms with E-state index in [1.54, 1.807) is 42.2 Å². The van der Waals surface area contributed by atoms with Gasteiger partial charge in [-0.25, -0.2) is 4.79 Å². The van der Waals surface area contributed by atoms with Gasteiger partial charge in [0.2, 0.25) is 5.43 Å². The van der Waals surface area contributed by atoms with Gasteiger partial charge in [-0.05, 0) is 36.8 Å². The molecule has 2 aromatic carbocycles. The number of carbonyl (C=O) groups excluding carboxylic acids is 1. The molecule has 7 nitrogen and oxygen atoms in total. The van der Waals surface area contributed by atoms with Crippen LogP contribution >= 0.6 is 11.6 Å². The zero-order valence-electron chi connectivity index (χ0n) is 17.1. The molecular weight excluding hydrogens is 420 g/mol. The lowest BCUT2D eigenvalue weighted by molar-refractivity contribution is 0.0776. The molecule has 1 aliphatic heterocycles. The molecule has 3 aromatic rings. The van der Waals surface area contributed by atoms with E-state index in [1.165, 1.54) is 12.3 Å². The number of ether oxygens (including phenoxy) is 1.